The minimum Gasteiger partial charge on any atom is -0.354 e. The van der Waals surface area contributed by atoms with Crippen molar-refractivity contribution in [3.05, 3.63) is 35.9 Å². The highest BCUT2D eigenvalue weighted by atomic mass is 32.2. The first-order valence-corrected chi connectivity index (χ1v) is 9.56. The molecule has 3 nitrogen and oxygen atoms in total. The van der Waals surface area contributed by atoms with E-state index in [4.69, 9.17) is 0 Å². The lowest BCUT2D eigenvalue weighted by atomic mass is 9.79. The number of carbonyl (C=O) groups excluding carboxylic acids is 1. The molecule has 1 N–H and O–H groups in total. The minimum atomic E-state index is 0.161. The molecule has 1 aliphatic heterocycles. The molecule has 1 aromatic carbocycles. The lowest BCUT2D eigenvalue weighted by Crippen LogP contribution is -2.45. The van der Waals surface area contributed by atoms with Crippen molar-refractivity contribution >= 4 is 17.7 Å². The molecule has 0 unspecified atom stereocenters. The van der Waals surface area contributed by atoms with Crippen molar-refractivity contribution in [2.24, 2.45) is 0 Å². The van der Waals surface area contributed by atoms with Crippen molar-refractivity contribution in [3.8, 4) is 0 Å². The summed E-state index contributed by atoms with van der Waals surface area (Å²) in [5, 5.41) is 3.22. The van der Waals surface area contributed by atoms with E-state index in [1.807, 2.05) is 11.8 Å². The molecule has 0 aromatic heterocycles. The molecule has 0 atom stereocenters. The largest absolute Gasteiger partial charge is 0.354 e. The van der Waals surface area contributed by atoms with E-state index in [-0.39, 0.29) is 11.3 Å². The van der Waals surface area contributed by atoms with Crippen LogP contribution in [0.4, 0.5) is 0 Å². The number of benzene rings is 1. The van der Waals surface area contributed by atoms with Crippen LogP contribution in [0.15, 0.2) is 30.3 Å². The molecule has 120 valence electrons. The molecule has 0 spiro atoms. The summed E-state index contributed by atoms with van der Waals surface area (Å²) in [4.78, 5) is 14.6. The van der Waals surface area contributed by atoms with Gasteiger partial charge in [-0.25, -0.2) is 0 Å². The van der Waals surface area contributed by atoms with Crippen LogP contribution in [0.5, 0.6) is 0 Å². The van der Waals surface area contributed by atoms with E-state index in [9.17, 15) is 4.79 Å². The first-order valence-electron chi connectivity index (χ1n) is 8.41. The van der Waals surface area contributed by atoms with Crippen molar-refractivity contribution < 1.29 is 4.79 Å². The maximum atomic E-state index is 12.3. The SMILES string of the molecule is O=C(CN1CCSCC1)NCC1(c2ccccc2)CCCC1. The third-order valence-corrected chi connectivity index (χ3v) is 5.98. The molecule has 0 bridgehead atoms. The van der Waals surface area contributed by atoms with E-state index < -0.39 is 0 Å². The van der Waals surface area contributed by atoms with E-state index in [1.165, 1.54) is 31.2 Å². The first-order chi connectivity index (χ1) is 10.8. The van der Waals surface area contributed by atoms with Crippen LogP contribution in [0.25, 0.3) is 0 Å². The lowest BCUT2D eigenvalue weighted by Gasteiger charge is -2.31. The zero-order valence-electron chi connectivity index (χ0n) is 13.2. The third kappa shape index (κ3) is 3.85. The Bertz CT molecular complexity index is 479. The third-order valence-electron chi connectivity index (χ3n) is 5.04. The van der Waals surface area contributed by atoms with E-state index in [1.54, 1.807) is 0 Å². The summed E-state index contributed by atoms with van der Waals surface area (Å²) >= 11 is 1.98. The average Bonchev–Trinajstić information content (AvgIpc) is 3.05. The molecular weight excluding hydrogens is 292 g/mol. The molecular formula is C18H26N2OS. The predicted molar refractivity (Wildman–Crippen MR) is 93.4 cm³/mol. The van der Waals surface area contributed by atoms with Gasteiger partial charge in [-0.05, 0) is 18.4 Å². The van der Waals surface area contributed by atoms with Crippen LogP contribution >= 0.6 is 11.8 Å². The highest BCUT2D eigenvalue weighted by Crippen LogP contribution is 2.40. The van der Waals surface area contributed by atoms with Gasteiger partial charge in [-0.2, -0.15) is 11.8 Å². The van der Waals surface area contributed by atoms with Gasteiger partial charge >= 0.3 is 0 Å². The Kier molecular flexibility index (Phi) is 5.42. The molecule has 1 aromatic rings. The maximum absolute atomic E-state index is 12.3. The Morgan fingerprint density at radius 1 is 1.14 bits per heavy atom. The van der Waals surface area contributed by atoms with Crippen molar-refractivity contribution in [2.45, 2.75) is 31.1 Å². The quantitative estimate of drug-likeness (QED) is 0.906. The number of rotatable bonds is 5. The van der Waals surface area contributed by atoms with Gasteiger partial charge in [0.1, 0.15) is 0 Å². The fraction of sp³-hybridized carbons (Fsp3) is 0.611. The number of nitrogens with zero attached hydrogens (tertiary/aromatic N) is 1. The van der Waals surface area contributed by atoms with Crippen molar-refractivity contribution in [2.75, 3.05) is 37.7 Å². The van der Waals surface area contributed by atoms with E-state index in [0.717, 1.165) is 31.1 Å². The zero-order valence-corrected chi connectivity index (χ0v) is 14.0. The normalized spacial score (nSPS) is 21.6. The zero-order chi connectivity index (χ0) is 15.3. The Hall–Kier alpha value is -1.00. The number of hydrogen-bond acceptors (Lipinski definition) is 3. The smallest absolute Gasteiger partial charge is 0.234 e. The lowest BCUT2D eigenvalue weighted by molar-refractivity contribution is -0.122. The van der Waals surface area contributed by atoms with Gasteiger partial charge in [0, 0.05) is 36.6 Å². The summed E-state index contributed by atoms with van der Waals surface area (Å²) < 4.78 is 0. The molecule has 22 heavy (non-hydrogen) atoms. The van der Waals surface area contributed by atoms with Gasteiger partial charge in [0.2, 0.25) is 5.91 Å². The van der Waals surface area contributed by atoms with Gasteiger partial charge in [0.15, 0.2) is 0 Å². The highest BCUT2D eigenvalue weighted by Gasteiger charge is 2.35. The van der Waals surface area contributed by atoms with Crippen LogP contribution in [-0.4, -0.2) is 48.5 Å². The summed E-state index contributed by atoms with van der Waals surface area (Å²) in [6, 6.07) is 10.7. The number of carbonyl (C=O) groups is 1. The van der Waals surface area contributed by atoms with Crippen LogP contribution in [0, 0.1) is 0 Å². The summed E-state index contributed by atoms with van der Waals surface area (Å²) in [6.07, 6.45) is 4.93. The van der Waals surface area contributed by atoms with Gasteiger partial charge in [-0.15, -0.1) is 0 Å². The van der Waals surface area contributed by atoms with Crippen LogP contribution in [-0.2, 0) is 10.2 Å². The molecule has 3 rings (SSSR count). The molecule has 2 fully saturated rings. The van der Waals surface area contributed by atoms with Crippen molar-refractivity contribution in [3.63, 3.8) is 0 Å². The molecule has 1 amide bonds. The van der Waals surface area contributed by atoms with Gasteiger partial charge < -0.3 is 5.32 Å². The second-order valence-corrected chi connectivity index (χ2v) is 7.74. The molecule has 1 aliphatic carbocycles. The summed E-state index contributed by atoms with van der Waals surface area (Å²) in [6.45, 7) is 3.44. The van der Waals surface area contributed by atoms with E-state index >= 15 is 0 Å². The maximum Gasteiger partial charge on any atom is 0.234 e. The topological polar surface area (TPSA) is 32.3 Å². The van der Waals surface area contributed by atoms with Crippen LogP contribution in [0.3, 0.4) is 0 Å². The Balaban J connectivity index is 1.57. The standard InChI is InChI=1S/C18H26N2OS/c21-17(14-20-10-12-22-13-11-20)19-15-18(8-4-5-9-18)16-6-2-1-3-7-16/h1-3,6-7H,4-5,8-15H2,(H,19,21). The van der Waals surface area contributed by atoms with Crippen LogP contribution < -0.4 is 5.32 Å². The minimum absolute atomic E-state index is 0.161. The van der Waals surface area contributed by atoms with Crippen molar-refractivity contribution in [1.82, 2.24) is 10.2 Å². The van der Waals surface area contributed by atoms with E-state index in [0.29, 0.717) is 6.54 Å². The fourth-order valence-electron chi connectivity index (χ4n) is 3.70. The molecule has 1 saturated heterocycles. The van der Waals surface area contributed by atoms with Crippen LogP contribution in [0.2, 0.25) is 0 Å². The molecule has 2 aliphatic rings. The van der Waals surface area contributed by atoms with Gasteiger partial charge in [-0.3, -0.25) is 9.69 Å². The molecule has 1 heterocycles. The Labute approximate surface area is 137 Å². The number of amides is 1. The van der Waals surface area contributed by atoms with Gasteiger partial charge in [0.05, 0.1) is 6.54 Å². The Morgan fingerprint density at radius 2 is 1.82 bits per heavy atom. The second-order valence-electron chi connectivity index (χ2n) is 6.52. The molecule has 0 radical (unpaired) electrons. The van der Waals surface area contributed by atoms with Gasteiger partial charge in [0.25, 0.3) is 0 Å². The summed E-state index contributed by atoms with van der Waals surface area (Å²) in [5.74, 6) is 2.50. The predicted octanol–water partition coefficient (Wildman–Crippen LogP) is 2.66. The second kappa shape index (κ2) is 7.51. The summed E-state index contributed by atoms with van der Waals surface area (Å²) in [7, 11) is 0. The fourth-order valence-corrected chi connectivity index (χ4v) is 4.68. The number of nitrogens with one attached hydrogen (secondary N) is 1. The summed E-state index contributed by atoms with van der Waals surface area (Å²) in [5.41, 5.74) is 1.55. The highest BCUT2D eigenvalue weighted by molar-refractivity contribution is 7.99. The molecule has 1 saturated carbocycles. The molecule has 4 heteroatoms. The Morgan fingerprint density at radius 3 is 2.50 bits per heavy atom. The van der Waals surface area contributed by atoms with Crippen LogP contribution in [0.1, 0.15) is 31.2 Å². The first kappa shape index (κ1) is 15.9. The van der Waals surface area contributed by atoms with Crippen molar-refractivity contribution in [1.29, 1.82) is 0 Å². The number of hydrogen-bond donors (Lipinski definition) is 1. The number of thioether (sulfide) groups is 1. The van der Waals surface area contributed by atoms with Gasteiger partial charge in [-0.1, -0.05) is 43.2 Å². The van der Waals surface area contributed by atoms with E-state index in [2.05, 4.69) is 40.5 Å². The average molecular weight is 318 g/mol. The monoisotopic (exact) mass is 318 g/mol.